The molecule has 0 aliphatic rings. The number of rotatable bonds is 2. The number of hydrogen-bond acceptors (Lipinski definition) is 2. The molecule has 0 fully saturated rings. The summed E-state index contributed by atoms with van der Waals surface area (Å²) in [6.07, 6.45) is -2.85. The fourth-order valence-corrected chi connectivity index (χ4v) is 0.940. The van der Waals surface area contributed by atoms with Crippen LogP contribution in [-0.2, 0) is 0 Å². The Kier molecular flexibility index (Phi) is 3.17. The molecule has 1 aromatic carbocycles. The Morgan fingerprint density at radius 3 is 2.62 bits per heavy atom. The quantitative estimate of drug-likeness (QED) is 0.529. The van der Waals surface area contributed by atoms with Gasteiger partial charge in [0.1, 0.15) is 5.69 Å². The van der Waals surface area contributed by atoms with Gasteiger partial charge in [-0.2, -0.15) is 4.99 Å². The van der Waals surface area contributed by atoms with Crippen LogP contribution in [0.4, 0.5) is 18.9 Å². The summed E-state index contributed by atoms with van der Waals surface area (Å²) >= 11 is 4.23. The summed E-state index contributed by atoms with van der Waals surface area (Å²) in [7, 11) is 0. The summed E-state index contributed by atoms with van der Waals surface area (Å²) in [6, 6.07) is 3.54. The SMILES string of the molecule is Fc1c(N=C=S)cccc1C(F)F. The number of alkyl halides is 2. The highest BCUT2D eigenvalue weighted by atomic mass is 32.1. The van der Waals surface area contributed by atoms with Gasteiger partial charge in [0.05, 0.1) is 10.7 Å². The van der Waals surface area contributed by atoms with Crippen molar-refractivity contribution >= 4 is 23.1 Å². The first-order chi connectivity index (χ1) is 6.16. The van der Waals surface area contributed by atoms with Crippen molar-refractivity contribution in [2.75, 3.05) is 0 Å². The molecule has 13 heavy (non-hydrogen) atoms. The molecule has 1 nitrogen and oxygen atoms in total. The summed E-state index contributed by atoms with van der Waals surface area (Å²) in [6.45, 7) is 0. The smallest absolute Gasteiger partial charge is 0.205 e. The van der Waals surface area contributed by atoms with Crippen molar-refractivity contribution in [1.82, 2.24) is 0 Å². The summed E-state index contributed by atoms with van der Waals surface area (Å²) in [5.74, 6) is -1.05. The van der Waals surface area contributed by atoms with E-state index >= 15 is 0 Å². The van der Waals surface area contributed by atoms with Gasteiger partial charge in [-0.15, -0.1) is 0 Å². The Balaban J connectivity index is 3.25. The molecule has 0 spiro atoms. The van der Waals surface area contributed by atoms with Gasteiger partial charge >= 0.3 is 0 Å². The van der Waals surface area contributed by atoms with Crippen molar-refractivity contribution in [3.05, 3.63) is 29.6 Å². The number of hydrogen-bond donors (Lipinski definition) is 0. The fourth-order valence-electron chi connectivity index (χ4n) is 0.841. The van der Waals surface area contributed by atoms with Crippen LogP contribution in [0.25, 0.3) is 0 Å². The number of isothiocyanates is 1. The highest BCUT2D eigenvalue weighted by Gasteiger charge is 2.15. The number of aliphatic imine (C=N–C) groups is 1. The van der Waals surface area contributed by atoms with E-state index in [-0.39, 0.29) is 5.69 Å². The van der Waals surface area contributed by atoms with Crippen LogP contribution in [0.1, 0.15) is 12.0 Å². The highest BCUT2D eigenvalue weighted by molar-refractivity contribution is 7.78. The molecule has 1 rings (SSSR count). The van der Waals surface area contributed by atoms with E-state index in [2.05, 4.69) is 17.2 Å². The average Bonchev–Trinajstić information content (AvgIpc) is 2.08. The van der Waals surface area contributed by atoms with Gasteiger partial charge in [-0.25, -0.2) is 13.2 Å². The first-order valence-corrected chi connectivity index (χ1v) is 3.72. The number of halogens is 3. The van der Waals surface area contributed by atoms with Crippen LogP contribution in [0.5, 0.6) is 0 Å². The molecule has 68 valence electrons. The molecule has 0 atom stereocenters. The third-order valence-electron chi connectivity index (χ3n) is 1.41. The molecule has 0 aliphatic heterocycles. The molecule has 0 aliphatic carbocycles. The van der Waals surface area contributed by atoms with Gasteiger partial charge in [0.2, 0.25) is 0 Å². The van der Waals surface area contributed by atoms with Crippen molar-refractivity contribution in [1.29, 1.82) is 0 Å². The molecule has 0 N–H and O–H groups in total. The van der Waals surface area contributed by atoms with Crippen molar-refractivity contribution in [3.8, 4) is 0 Å². The predicted molar refractivity (Wildman–Crippen MR) is 46.0 cm³/mol. The second-order valence-corrected chi connectivity index (χ2v) is 2.37. The maximum absolute atomic E-state index is 13.1. The lowest BCUT2D eigenvalue weighted by atomic mass is 10.2. The molecular weight excluding hydrogens is 199 g/mol. The Hall–Kier alpha value is -1.19. The van der Waals surface area contributed by atoms with E-state index in [9.17, 15) is 13.2 Å². The fraction of sp³-hybridized carbons (Fsp3) is 0.125. The Labute approximate surface area is 77.9 Å². The van der Waals surface area contributed by atoms with E-state index < -0.39 is 17.8 Å². The van der Waals surface area contributed by atoms with Gasteiger partial charge in [0.25, 0.3) is 6.43 Å². The van der Waals surface area contributed by atoms with Crippen LogP contribution in [0, 0.1) is 5.82 Å². The molecule has 0 bridgehead atoms. The molecule has 0 saturated heterocycles. The van der Waals surface area contributed by atoms with Crippen LogP contribution >= 0.6 is 12.2 Å². The molecule has 0 saturated carbocycles. The summed E-state index contributed by atoms with van der Waals surface area (Å²) in [5, 5.41) is 1.91. The number of nitrogens with zero attached hydrogens (tertiary/aromatic N) is 1. The molecule has 0 unspecified atom stereocenters. The minimum absolute atomic E-state index is 0.215. The van der Waals surface area contributed by atoms with Gasteiger partial charge in [-0.1, -0.05) is 12.1 Å². The molecule has 1 aromatic rings. The second-order valence-electron chi connectivity index (χ2n) is 2.18. The topological polar surface area (TPSA) is 12.4 Å². The average molecular weight is 203 g/mol. The summed E-state index contributed by atoms with van der Waals surface area (Å²) in [4.78, 5) is 3.31. The lowest BCUT2D eigenvalue weighted by molar-refractivity contribution is 0.146. The number of benzene rings is 1. The van der Waals surface area contributed by atoms with Gasteiger partial charge in [0, 0.05) is 0 Å². The Morgan fingerprint density at radius 1 is 1.38 bits per heavy atom. The van der Waals surface area contributed by atoms with Crippen LogP contribution in [0.3, 0.4) is 0 Å². The molecule has 0 heterocycles. The zero-order chi connectivity index (χ0) is 9.84. The van der Waals surface area contributed by atoms with Crippen molar-refractivity contribution in [3.63, 3.8) is 0 Å². The minimum atomic E-state index is -2.85. The Bertz CT molecular complexity index is 358. The first-order valence-electron chi connectivity index (χ1n) is 3.31. The van der Waals surface area contributed by atoms with Crippen molar-refractivity contribution < 1.29 is 13.2 Å². The van der Waals surface area contributed by atoms with E-state index in [0.29, 0.717) is 0 Å². The normalized spacial score (nSPS) is 9.85. The lowest BCUT2D eigenvalue weighted by Crippen LogP contribution is -1.89. The highest BCUT2D eigenvalue weighted by Crippen LogP contribution is 2.27. The van der Waals surface area contributed by atoms with E-state index in [1.165, 1.54) is 12.1 Å². The van der Waals surface area contributed by atoms with Gasteiger partial charge in [-0.3, -0.25) is 0 Å². The maximum atomic E-state index is 13.1. The monoisotopic (exact) mass is 203 g/mol. The molecular formula is C8H4F3NS. The molecule has 0 radical (unpaired) electrons. The van der Waals surface area contributed by atoms with Crippen LogP contribution in [0.15, 0.2) is 23.2 Å². The third kappa shape index (κ3) is 2.14. The zero-order valence-corrected chi connectivity index (χ0v) is 7.12. The standard InChI is InChI=1S/C8H4F3NS/c9-7-5(8(10)11)2-1-3-6(7)12-4-13/h1-3,8H. The largest absolute Gasteiger partial charge is 0.266 e. The van der Waals surface area contributed by atoms with Gasteiger partial charge in [0.15, 0.2) is 5.82 Å². The summed E-state index contributed by atoms with van der Waals surface area (Å²) in [5.41, 5.74) is -0.890. The second kappa shape index (κ2) is 4.16. The van der Waals surface area contributed by atoms with Crippen LogP contribution in [0.2, 0.25) is 0 Å². The lowest BCUT2D eigenvalue weighted by Gasteiger charge is -2.02. The molecule has 0 aromatic heterocycles. The zero-order valence-electron chi connectivity index (χ0n) is 6.30. The molecule has 5 heteroatoms. The third-order valence-corrected chi connectivity index (χ3v) is 1.50. The molecule has 0 amide bonds. The van der Waals surface area contributed by atoms with Crippen molar-refractivity contribution in [2.45, 2.75) is 6.43 Å². The van der Waals surface area contributed by atoms with E-state index in [1.807, 2.05) is 5.16 Å². The van der Waals surface area contributed by atoms with E-state index in [0.717, 1.165) is 6.07 Å². The van der Waals surface area contributed by atoms with E-state index in [1.54, 1.807) is 0 Å². The first kappa shape index (κ1) is 9.89. The maximum Gasteiger partial charge on any atom is 0.266 e. The van der Waals surface area contributed by atoms with Crippen LogP contribution < -0.4 is 0 Å². The van der Waals surface area contributed by atoms with Crippen molar-refractivity contribution in [2.24, 2.45) is 4.99 Å². The summed E-state index contributed by atoms with van der Waals surface area (Å²) < 4.78 is 37.3. The van der Waals surface area contributed by atoms with Gasteiger partial charge in [-0.05, 0) is 18.3 Å². The van der Waals surface area contributed by atoms with Gasteiger partial charge < -0.3 is 0 Å². The number of thiocarbonyl (C=S) groups is 1. The van der Waals surface area contributed by atoms with E-state index in [4.69, 9.17) is 0 Å². The minimum Gasteiger partial charge on any atom is -0.205 e. The van der Waals surface area contributed by atoms with Crippen LogP contribution in [-0.4, -0.2) is 5.16 Å². The predicted octanol–water partition coefficient (Wildman–Crippen LogP) is 3.50. The Morgan fingerprint density at radius 2 is 2.08 bits per heavy atom.